The van der Waals surface area contributed by atoms with E-state index in [2.05, 4.69) is 11.3 Å². The number of piperidine rings is 1. The second-order valence-corrected chi connectivity index (χ2v) is 4.62. The van der Waals surface area contributed by atoms with Gasteiger partial charge in [-0.25, -0.2) is 4.79 Å². The minimum atomic E-state index is -4.46. The van der Waals surface area contributed by atoms with Crippen molar-refractivity contribution in [3.8, 4) is 0 Å². The van der Waals surface area contributed by atoms with E-state index in [9.17, 15) is 18.0 Å². The molecule has 0 aromatic carbocycles. The highest BCUT2D eigenvalue weighted by molar-refractivity contribution is 5.69. The molecule has 1 amide bonds. The van der Waals surface area contributed by atoms with E-state index in [0.29, 0.717) is 12.8 Å². The van der Waals surface area contributed by atoms with Crippen LogP contribution in [0.25, 0.3) is 0 Å². The number of hydrogen-bond acceptors (Lipinski definition) is 2. The van der Waals surface area contributed by atoms with Gasteiger partial charge in [0.2, 0.25) is 0 Å². The van der Waals surface area contributed by atoms with Crippen LogP contribution in [0, 0.1) is 0 Å². The fourth-order valence-corrected chi connectivity index (χ4v) is 2.63. The van der Waals surface area contributed by atoms with Crippen LogP contribution >= 0.6 is 0 Å². The Balaban J connectivity index is 1.94. The van der Waals surface area contributed by atoms with E-state index in [1.165, 1.54) is 4.90 Å². The number of ether oxygens (including phenoxy) is 1. The number of amides is 1. The van der Waals surface area contributed by atoms with Gasteiger partial charge >= 0.3 is 12.3 Å². The summed E-state index contributed by atoms with van der Waals surface area (Å²) in [7, 11) is 0. The van der Waals surface area contributed by atoms with Gasteiger partial charge in [-0.2, -0.15) is 13.2 Å². The summed E-state index contributed by atoms with van der Waals surface area (Å²) in [5.74, 6) is 0. The number of carbonyl (C=O) groups is 1. The molecule has 2 aliphatic heterocycles. The lowest BCUT2D eigenvalue weighted by Crippen LogP contribution is -2.45. The standard InChI is InChI=1S/C11H14F3NO2/c1-7-4-8-2-3-9(5-7)15(8)10(16)17-6-11(12,13)14/h8-9H,1-6H2. The summed E-state index contributed by atoms with van der Waals surface area (Å²) in [5, 5.41) is 0. The highest BCUT2D eigenvalue weighted by atomic mass is 19.4. The predicted molar refractivity (Wildman–Crippen MR) is 54.4 cm³/mol. The molecule has 2 bridgehead atoms. The fourth-order valence-electron chi connectivity index (χ4n) is 2.63. The van der Waals surface area contributed by atoms with E-state index in [0.717, 1.165) is 18.4 Å². The molecule has 0 aromatic rings. The van der Waals surface area contributed by atoms with Crippen molar-refractivity contribution < 1.29 is 22.7 Å². The first-order valence-electron chi connectivity index (χ1n) is 5.55. The molecule has 2 saturated heterocycles. The van der Waals surface area contributed by atoms with Crippen LogP contribution in [-0.2, 0) is 4.74 Å². The second-order valence-electron chi connectivity index (χ2n) is 4.62. The van der Waals surface area contributed by atoms with Crippen LogP contribution in [0.3, 0.4) is 0 Å². The van der Waals surface area contributed by atoms with Gasteiger partial charge in [-0.1, -0.05) is 12.2 Å². The monoisotopic (exact) mass is 249 g/mol. The molecule has 3 nitrogen and oxygen atoms in total. The smallest absolute Gasteiger partial charge is 0.422 e. The van der Waals surface area contributed by atoms with Crippen molar-refractivity contribution in [3.63, 3.8) is 0 Å². The van der Waals surface area contributed by atoms with E-state index in [1.807, 2.05) is 0 Å². The van der Waals surface area contributed by atoms with E-state index >= 15 is 0 Å². The van der Waals surface area contributed by atoms with Crippen molar-refractivity contribution in [2.24, 2.45) is 0 Å². The van der Waals surface area contributed by atoms with E-state index in [1.54, 1.807) is 0 Å². The average Bonchev–Trinajstić information content (AvgIpc) is 2.47. The van der Waals surface area contributed by atoms with E-state index in [-0.39, 0.29) is 12.1 Å². The summed E-state index contributed by atoms with van der Waals surface area (Å²) < 4.78 is 40.1. The molecule has 0 N–H and O–H groups in total. The molecule has 2 heterocycles. The van der Waals surface area contributed by atoms with Gasteiger partial charge < -0.3 is 9.64 Å². The molecule has 0 saturated carbocycles. The number of halogens is 3. The summed E-state index contributed by atoms with van der Waals surface area (Å²) >= 11 is 0. The van der Waals surface area contributed by atoms with Gasteiger partial charge in [-0.05, 0) is 25.7 Å². The van der Waals surface area contributed by atoms with Crippen molar-refractivity contribution in [1.82, 2.24) is 4.90 Å². The Bertz CT molecular complexity index is 324. The average molecular weight is 249 g/mol. The fraction of sp³-hybridized carbons (Fsp3) is 0.727. The van der Waals surface area contributed by atoms with Crippen LogP contribution in [0.15, 0.2) is 12.2 Å². The van der Waals surface area contributed by atoms with Crippen LogP contribution in [0.2, 0.25) is 0 Å². The molecular formula is C11H14F3NO2. The van der Waals surface area contributed by atoms with E-state index < -0.39 is 18.9 Å². The van der Waals surface area contributed by atoms with Crippen LogP contribution in [0.1, 0.15) is 25.7 Å². The molecule has 2 fully saturated rings. The number of nitrogens with zero attached hydrogens (tertiary/aromatic N) is 1. The summed E-state index contributed by atoms with van der Waals surface area (Å²) in [5.41, 5.74) is 1.07. The van der Waals surface area contributed by atoms with Crippen LogP contribution in [-0.4, -0.2) is 35.9 Å². The third-order valence-corrected chi connectivity index (χ3v) is 3.24. The lowest BCUT2D eigenvalue weighted by Gasteiger charge is -2.34. The van der Waals surface area contributed by atoms with Crippen molar-refractivity contribution in [1.29, 1.82) is 0 Å². The first-order valence-corrected chi connectivity index (χ1v) is 5.55. The maximum Gasteiger partial charge on any atom is 0.422 e. The lowest BCUT2D eigenvalue weighted by molar-refractivity contribution is -0.163. The maximum atomic E-state index is 11.9. The predicted octanol–water partition coefficient (Wildman–Crippen LogP) is 2.87. The van der Waals surface area contributed by atoms with Gasteiger partial charge in [0.15, 0.2) is 6.61 Å². The Morgan fingerprint density at radius 1 is 1.35 bits per heavy atom. The first-order chi connectivity index (χ1) is 7.87. The Labute approximate surface area is 97.2 Å². The number of hydrogen-bond donors (Lipinski definition) is 0. The molecule has 0 radical (unpaired) electrons. The van der Waals surface area contributed by atoms with Crippen LogP contribution in [0.5, 0.6) is 0 Å². The second kappa shape index (κ2) is 4.23. The molecule has 0 aliphatic carbocycles. The highest BCUT2D eigenvalue weighted by Gasteiger charge is 2.42. The molecule has 96 valence electrons. The Morgan fingerprint density at radius 3 is 2.35 bits per heavy atom. The van der Waals surface area contributed by atoms with Crippen LogP contribution in [0.4, 0.5) is 18.0 Å². The van der Waals surface area contributed by atoms with Crippen molar-refractivity contribution in [2.75, 3.05) is 6.61 Å². The van der Waals surface area contributed by atoms with Crippen LogP contribution < -0.4 is 0 Å². The Morgan fingerprint density at radius 2 is 1.88 bits per heavy atom. The van der Waals surface area contributed by atoms with Gasteiger partial charge in [-0.15, -0.1) is 0 Å². The topological polar surface area (TPSA) is 29.5 Å². The Hall–Kier alpha value is -1.20. The number of alkyl halides is 3. The SMILES string of the molecule is C=C1CC2CCC(C1)N2C(=O)OCC(F)(F)F. The quantitative estimate of drug-likeness (QED) is 0.669. The lowest BCUT2D eigenvalue weighted by atomic mass is 9.99. The molecule has 2 atom stereocenters. The number of fused-ring (bicyclic) bond motifs is 2. The van der Waals surface area contributed by atoms with Crippen molar-refractivity contribution in [3.05, 3.63) is 12.2 Å². The number of rotatable bonds is 1. The number of carbonyl (C=O) groups excluding carboxylic acids is 1. The van der Waals surface area contributed by atoms with Crippen molar-refractivity contribution in [2.45, 2.75) is 43.9 Å². The minimum absolute atomic E-state index is 0.0259. The molecule has 2 rings (SSSR count). The third kappa shape index (κ3) is 2.73. The zero-order chi connectivity index (χ0) is 12.6. The van der Waals surface area contributed by atoms with Gasteiger partial charge in [0.05, 0.1) is 0 Å². The molecule has 0 aromatic heterocycles. The first kappa shape index (κ1) is 12.3. The van der Waals surface area contributed by atoms with E-state index in [4.69, 9.17) is 0 Å². The zero-order valence-electron chi connectivity index (χ0n) is 9.29. The zero-order valence-corrected chi connectivity index (χ0v) is 9.29. The highest BCUT2D eigenvalue weighted by Crippen LogP contribution is 2.38. The summed E-state index contributed by atoms with van der Waals surface area (Å²) in [6.45, 7) is 2.36. The molecule has 0 spiro atoms. The Kier molecular flexibility index (Phi) is 3.05. The summed E-state index contributed by atoms with van der Waals surface area (Å²) in [6.07, 6.45) is -2.30. The third-order valence-electron chi connectivity index (χ3n) is 3.24. The summed E-state index contributed by atoms with van der Waals surface area (Å²) in [4.78, 5) is 13.0. The largest absolute Gasteiger partial charge is 0.440 e. The molecule has 6 heteroatoms. The van der Waals surface area contributed by atoms with Gasteiger partial charge in [0.1, 0.15) is 0 Å². The summed E-state index contributed by atoms with van der Waals surface area (Å²) in [6, 6.07) is -0.0519. The molecule has 2 unspecified atom stereocenters. The van der Waals surface area contributed by atoms with Gasteiger partial charge in [0, 0.05) is 12.1 Å². The maximum absolute atomic E-state index is 11.9. The van der Waals surface area contributed by atoms with Gasteiger partial charge in [0.25, 0.3) is 0 Å². The molecular weight excluding hydrogens is 235 g/mol. The molecule has 2 aliphatic rings. The van der Waals surface area contributed by atoms with Gasteiger partial charge in [-0.3, -0.25) is 0 Å². The minimum Gasteiger partial charge on any atom is -0.440 e. The van der Waals surface area contributed by atoms with Crippen molar-refractivity contribution >= 4 is 6.09 Å². The normalized spacial score (nSPS) is 28.4. The molecule has 17 heavy (non-hydrogen) atoms.